The standard InChI is InChI=1S/C12H17Cl2NO/c1-12(2,15-3)7-8-5-10(14)11(16-4)6-9(8)13/h5-6,15H,7H2,1-4H3. The topological polar surface area (TPSA) is 21.3 Å². The third kappa shape index (κ3) is 3.27. The first-order valence-corrected chi connectivity index (χ1v) is 5.86. The Balaban J connectivity index is 3.02. The highest BCUT2D eigenvalue weighted by Crippen LogP contribution is 2.32. The molecule has 4 heteroatoms. The van der Waals surface area contributed by atoms with Gasteiger partial charge in [-0.15, -0.1) is 0 Å². The van der Waals surface area contributed by atoms with Gasteiger partial charge >= 0.3 is 0 Å². The lowest BCUT2D eigenvalue weighted by Crippen LogP contribution is -2.38. The molecule has 0 bridgehead atoms. The number of methoxy groups -OCH3 is 1. The molecule has 0 atom stereocenters. The first kappa shape index (κ1) is 13.6. The lowest BCUT2D eigenvalue weighted by molar-refractivity contribution is 0.412. The van der Waals surface area contributed by atoms with Crippen LogP contribution in [0.3, 0.4) is 0 Å². The van der Waals surface area contributed by atoms with Crippen LogP contribution in [0.2, 0.25) is 10.0 Å². The summed E-state index contributed by atoms with van der Waals surface area (Å²) < 4.78 is 5.11. The highest BCUT2D eigenvalue weighted by molar-refractivity contribution is 6.34. The molecule has 2 nitrogen and oxygen atoms in total. The Morgan fingerprint density at radius 2 is 1.88 bits per heavy atom. The smallest absolute Gasteiger partial charge is 0.138 e. The molecule has 1 rings (SSSR count). The predicted molar refractivity (Wildman–Crippen MR) is 69.9 cm³/mol. The van der Waals surface area contributed by atoms with Gasteiger partial charge in [-0.05, 0) is 38.9 Å². The molecule has 1 aromatic carbocycles. The first-order valence-electron chi connectivity index (χ1n) is 5.10. The number of hydrogen-bond acceptors (Lipinski definition) is 2. The van der Waals surface area contributed by atoms with Gasteiger partial charge < -0.3 is 10.1 Å². The van der Waals surface area contributed by atoms with E-state index in [4.69, 9.17) is 27.9 Å². The third-order valence-corrected chi connectivity index (χ3v) is 3.28. The molecular weight excluding hydrogens is 245 g/mol. The maximum Gasteiger partial charge on any atom is 0.138 e. The molecule has 0 aromatic heterocycles. The van der Waals surface area contributed by atoms with Crippen molar-refractivity contribution in [3.05, 3.63) is 27.7 Å². The average molecular weight is 262 g/mol. The second-order valence-electron chi connectivity index (χ2n) is 4.39. The van der Waals surface area contributed by atoms with Crippen molar-refractivity contribution in [3.63, 3.8) is 0 Å². The number of rotatable bonds is 4. The molecule has 1 aromatic rings. The number of halogens is 2. The van der Waals surface area contributed by atoms with Crippen molar-refractivity contribution in [3.8, 4) is 5.75 Å². The van der Waals surface area contributed by atoms with Crippen molar-refractivity contribution in [2.75, 3.05) is 14.2 Å². The van der Waals surface area contributed by atoms with Gasteiger partial charge in [0.2, 0.25) is 0 Å². The average Bonchev–Trinajstić information content (AvgIpc) is 2.22. The second kappa shape index (κ2) is 5.26. The van der Waals surface area contributed by atoms with Crippen LogP contribution < -0.4 is 10.1 Å². The largest absolute Gasteiger partial charge is 0.495 e. The molecule has 0 aliphatic rings. The first-order chi connectivity index (χ1) is 7.39. The molecule has 0 amide bonds. The summed E-state index contributed by atoms with van der Waals surface area (Å²) in [5.41, 5.74) is 1.01. The Bertz CT molecular complexity index is 378. The van der Waals surface area contributed by atoms with Gasteiger partial charge in [-0.1, -0.05) is 23.2 Å². The van der Waals surface area contributed by atoms with Gasteiger partial charge in [-0.25, -0.2) is 0 Å². The summed E-state index contributed by atoms with van der Waals surface area (Å²) >= 11 is 12.2. The van der Waals surface area contributed by atoms with Crippen molar-refractivity contribution in [2.45, 2.75) is 25.8 Å². The lowest BCUT2D eigenvalue weighted by atomic mass is 9.95. The molecule has 0 aliphatic carbocycles. The molecular formula is C12H17Cl2NO. The van der Waals surface area contributed by atoms with E-state index < -0.39 is 0 Å². The summed E-state index contributed by atoms with van der Waals surface area (Å²) in [5, 5.41) is 4.51. The van der Waals surface area contributed by atoms with Crippen LogP contribution in [0.1, 0.15) is 19.4 Å². The highest BCUT2D eigenvalue weighted by atomic mass is 35.5. The minimum absolute atomic E-state index is 0.0123. The molecule has 0 heterocycles. The van der Waals surface area contributed by atoms with Gasteiger partial charge in [0.15, 0.2) is 0 Å². The zero-order chi connectivity index (χ0) is 12.3. The summed E-state index contributed by atoms with van der Waals surface area (Å²) in [4.78, 5) is 0. The molecule has 0 fully saturated rings. The molecule has 0 saturated carbocycles. The van der Waals surface area contributed by atoms with Gasteiger partial charge in [0, 0.05) is 16.6 Å². The van der Waals surface area contributed by atoms with Crippen LogP contribution in [-0.2, 0) is 6.42 Å². The van der Waals surface area contributed by atoms with Gasteiger partial charge in [-0.2, -0.15) is 0 Å². The Kier molecular flexibility index (Phi) is 4.48. The van der Waals surface area contributed by atoms with Crippen LogP contribution in [0, 0.1) is 0 Å². The van der Waals surface area contributed by atoms with E-state index in [1.54, 1.807) is 13.2 Å². The summed E-state index contributed by atoms with van der Waals surface area (Å²) in [6.45, 7) is 4.23. The van der Waals surface area contributed by atoms with Crippen molar-refractivity contribution in [1.29, 1.82) is 0 Å². The van der Waals surface area contributed by atoms with E-state index in [1.807, 2.05) is 13.1 Å². The molecule has 0 aliphatic heterocycles. The van der Waals surface area contributed by atoms with Crippen molar-refractivity contribution in [2.24, 2.45) is 0 Å². The fourth-order valence-corrected chi connectivity index (χ4v) is 1.91. The van der Waals surface area contributed by atoms with Crippen LogP contribution in [-0.4, -0.2) is 19.7 Å². The quantitative estimate of drug-likeness (QED) is 0.896. The molecule has 1 N–H and O–H groups in total. The van der Waals surface area contributed by atoms with Crippen LogP contribution in [0.5, 0.6) is 5.75 Å². The Morgan fingerprint density at radius 1 is 1.25 bits per heavy atom. The van der Waals surface area contributed by atoms with E-state index in [0.29, 0.717) is 15.8 Å². The molecule has 0 unspecified atom stereocenters. The monoisotopic (exact) mass is 261 g/mol. The molecule has 90 valence electrons. The number of ether oxygens (including phenoxy) is 1. The number of nitrogens with one attached hydrogen (secondary N) is 1. The van der Waals surface area contributed by atoms with E-state index in [1.165, 1.54) is 0 Å². The number of benzene rings is 1. The SMILES string of the molecule is CNC(C)(C)Cc1cc(Cl)c(OC)cc1Cl. The maximum atomic E-state index is 6.18. The normalized spacial score (nSPS) is 11.6. The lowest BCUT2D eigenvalue weighted by Gasteiger charge is -2.24. The molecule has 0 saturated heterocycles. The summed E-state index contributed by atoms with van der Waals surface area (Å²) in [5.74, 6) is 0.609. The molecule has 0 radical (unpaired) electrons. The van der Waals surface area contributed by atoms with Crippen molar-refractivity contribution >= 4 is 23.2 Å². The number of likely N-dealkylation sites (N-methyl/N-ethyl adjacent to an activating group) is 1. The fourth-order valence-electron chi connectivity index (χ4n) is 1.43. The van der Waals surface area contributed by atoms with E-state index in [2.05, 4.69) is 19.2 Å². The second-order valence-corrected chi connectivity index (χ2v) is 5.20. The summed E-state index contributed by atoms with van der Waals surface area (Å²) in [6, 6.07) is 3.62. The van der Waals surface area contributed by atoms with Crippen LogP contribution in [0.25, 0.3) is 0 Å². The van der Waals surface area contributed by atoms with Gasteiger partial charge in [-0.3, -0.25) is 0 Å². The van der Waals surface area contributed by atoms with Crippen molar-refractivity contribution < 1.29 is 4.74 Å². The van der Waals surface area contributed by atoms with Crippen LogP contribution in [0.4, 0.5) is 0 Å². The fraction of sp³-hybridized carbons (Fsp3) is 0.500. The summed E-state index contributed by atoms with van der Waals surface area (Å²) in [7, 11) is 3.51. The van der Waals surface area contributed by atoms with E-state index >= 15 is 0 Å². The van der Waals surface area contributed by atoms with Gasteiger partial charge in [0.1, 0.15) is 5.75 Å². The molecule has 0 spiro atoms. The minimum atomic E-state index is -0.0123. The zero-order valence-electron chi connectivity index (χ0n) is 10.0. The minimum Gasteiger partial charge on any atom is -0.495 e. The van der Waals surface area contributed by atoms with Crippen LogP contribution >= 0.6 is 23.2 Å². The van der Waals surface area contributed by atoms with E-state index in [9.17, 15) is 0 Å². The zero-order valence-corrected chi connectivity index (χ0v) is 11.5. The van der Waals surface area contributed by atoms with Gasteiger partial charge in [0.25, 0.3) is 0 Å². The van der Waals surface area contributed by atoms with E-state index in [-0.39, 0.29) is 5.54 Å². The third-order valence-electron chi connectivity index (χ3n) is 2.63. The Hall–Kier alpha value is -0.440. The van der Waals surface area contributed by atoms with Gasteiger partial charge in [0.05, 0.1) is 12.1 Å². The highest BCUT2D eigenvalue weighted by Gasteiger charge is 2.18. The molecule has 16 heavy (non-hydrogen) atoms. The Labute approximate surface area is 107 Å². The van der Waals surface area contributed by atoms with Crippen LogP contribution in [0.15, 0.2) is 12.1 Å². The van der Waals surface area contributed by atoms with E-state index in [0.717, 1.165) is 12.0 Å². The maximum absolute atomic E-state index is 6.18. The summed E-state index contributed by atoms with van der Waals surface area (Å²) in [6.07, 6.45) is 0.812. The predicted octanol–water partition coefficient (Wildman–Crippen LogP) is 3.54. The van der Waals surface area contributed by atoms with Crippen molar-refractivity contribution in [1.82, 2.24) is 5.32 Å². The number of hydrogen-bond donors (Lipinski definition) is 1. The Morgan fingerprint density at radius 3 is 2.38 bits per heavy atom.